The summed E-state index contributed by atoms with van der Waals surface area (Å²) in [5, 5.41) is 21.9. The first-order valence-corrected chi connectivity index (χ1v) is 10.1. The molecule has 4 bridgehead atoms. The fourth-order valence-corrected chi connectivity index (χ4v) is 6.59. The van der Waals surface area contributed by atoms with E-state index in [0.29, 0.717) is 30.4 Å². The highest BCUT2D eigenvalue weighted by atomic mass is 16.4. The fraction of sp³-hybridized carbons (Fsp3) is 0.571. The minimum absolute atomic E-state index is 0.185. The van der Waals surface area contributed by atoms with Gasteiger partial charge in [0.15, 0.2) is 0 Å². The Morgan fingerprint density at radius 2 is 2.07 bits per heavy atom. The normalized spacial score (nSPS) is 35.6. The van der Waals surface area contributed by atoms with Gasteiger partial charge < -0.3 is 14.8 Å². The summed E-state index contributed by atoms with van der Waals surface area (Å²) in [7, 11) is 0. The van der Waals surface area contributed by atoms with Crippen molar-refractivity contribution in [3.8, 4) is 11.5 Å². The van der Waals surface area contributed by atoms with E-state index in [4.69, 9.17) is 4.42 Å². The lowest BCUT2D eigenvalue weighted by molar-refractivity contribution is -0.0868. The summed E-state index contributed by atoms with van der Waals surface area (Å²) in [6.07, 6.45) is 14.5. The smallest absolute Gasteiger partial charge is 0.251 e. The van der Waals surface area contributed by atoms with Gasteiger partial charge in [-0.05, 0) is 55.3 Å². The molecule has 6 heteroatoms. The Kier molecular flexibility index (Phi) is 3.30. The first-order chi connectivity index (χ1) is 13.2. The molecule has 4 fully saturated rings. The van der Waals surface area contributed by atoms with E-state index in [1.54, 1.807) is 0 Å². The minimum Gasteiger partial charge on any atom is -0.423 e. The third-order valence-electron chi connectivity index (χ3n) is 7.43. The van der Waals surface area contributed by atoms with E-state index in [9.17, 15) is 5.11 Å². The summed E-state index contributed by atoms with van der Waals surface area (Å²) in [6.45, 7) is 0.351. The lowest BCUT2D eigenvalue weighted by Gasteiger charge is -2.60. The Bertz CT molecular complexity index is 891. The first-order valence-electron chi connectivity index (χ1n) is 10.1. The summed E-state index contributed by atoms with van der Waals surface area (Å²) in [6, 6.07) is 0.448. The van der Waals surface area contributed by atoms with Crippen molar-refractivity contribution in [1.82, 2.24) is 15.2 Å². The lowest BCUT2D eigenvalue weighted by atomic mass is 9.48. The van der Waals surface area contributed by atoms with Crippen molar-refractivity contribution in [1.29, 1.82) is 0 Å². The number of hydrogen-bond acceptors (Lipinski definition) is 6. The van der Waals surface area contributed by atoms with E-state index in [1.165, 1.54) is 25.7 Å². The van der Waals surface area contributed by atoms with Gasteiger partial charge in [-0.25, -0.2) is 0 Å². The molecule has 27 heavy (non-hydrogen) atoms. The number of rotatable bonds is 4. The third-order valence-corrected chi connectivity index (χ3v) is 7.43. The van der Waals surface area contributed by atoms with Crippen molar-refractivity contribution in [2.75, 3.05) is 11.9 Å². The number of aliphatic hydroxyl groups excluding tert-OH is 1. The Balaban J connectivity index is 1.39. The van der Waals surface area contributed by atoms with Crippen molar-refractivity contribution >= 4 is 11.8 Å². The van der Waals surface area contributed by atoms with Gasteiger partial charge in [-0.15, -0.1) is 10.2 Å². The van der Waals surface area contributed by atoms with Gasteiger partial charge in [-0.3, -0.25) is 4.98 Å². The quantitative estimate of drug-likeness (QED) is 0.866. The van der Waals surface area contributed by atoms with Crippen LogP contribution >= 0.6 is 0 Å². The molecule has 0 spiro atoms. The van der Waals surface area contributed by atoms with E-state index in [2.05, 4.69) is 32.7 Å². The number of nitrogens with zero attached hydrogens (tertiary/aromatic N) is 3. The number of nitrogens with one attached hydrogen (secondary N) is 1. The van der Waals surface area contributed by atoms with Crippen molar-refractivity contribution in [2.24, 2.45) is 23.2 Å². The molecule has 4 saturated carbocycles. The highest BCUT2D eigenvalue weighted by Crippen LogP contribution is 2.60. The molecule has 3 unspecified atom stereocenters. The second-order valence-electron chi connectivity index (χ2n) is 9.06. The number of aliphatic hydroxyl groups is 1. The molecule has 2 heterocycles. The predicted molar refractivity (Wildman–Crippen MR) is 101 cm³/mol. The van der Waals surface area contributed by atoms with Gasteiger partial charge in [0, 0.05) is 30.8 Å². The number of anilines is 1. The number of hydrogen-bond donors (Lipinski definition) is 2. The zero-order valence-electron chi connectivity index (χ0n) is 15.3. The van der Waals surface area contributed by atoms with Crippen LogP contribution in [-0.4, -0.2) is 32.9 Å². The zero-order valence-corrected chi connectivity index (χ0v) is 15.3. The predicted octanol–water partition coefficient (Wildman–Crippen LogP) is 3.30. The van der Waals surface area contributed by atoms with Crippen LogP contribution in [0.15, 0.2) is 23.1 Å². The molecule has 0 saturated heterocycles. The number of fused-ring (bicyclic) bond motifs is 1. The minimum atomic E-state index is 0.185. The third kappa shape index (κ3) is 2.32. The molecule has 7 rings (SSSR count). The molecule has 2 aromatic rings. The maximum Gasteiger partial charge on any atom is 0.251 e. The second-order valence-corrected chi connectivity index (χ2v) is 9.06. The van der Waals surface area contributed by atoms with Crippen LogP contribution in [0.2, 0.25) is 0 Å². The van der Waals surface area contributed by atoms with Gasteiger partial charge in [-0.1, -0.05) is 12.2 Å². The van der Waals surface area contributed by atoms with Gasteiger partial charge in [-0.2, -0.15) is 0 Å². The summed E-state index contributed by atoms with van der Waals surface area (Å²) in [4.78, 5) is 4.62. The van der Waals surface area contributed by atoms with Gasteiger partial charge in [0.2, 0.25) is 6.39 Å². The molecule has 0 radical (unpaired) electrons. The van der Waals surface area contributed by atoms with Crippen LogP contribution in [-0.2, 0) is 6.42 Å². The highest BCUT2D eigenvalue weighted by Gasteiger charge is 2.55. The van der Waals surface area contributed by atoms with Crippen molar-refractivity contribution in [2.45, 2.75) is 44.6 Å². The van der Waals surface area contributed by atoms with Crippen molar-refractivity contribution in [3.63, 3.8) is 0 Å². The topological polar surface area (TPSA) is 84.1 Å². The lowest BCUT2D eigenvalue weighted by Crippen LogP contribution is -2.57. The van der Waals surface area contributed by atoms with Crippen LogP contribution in [0.5, 0.6) is 0 Å². The van der Waals surface area contributed by atoms with E-state index in [1.807, 2.05) is 6.20 Å². The molecular formula is C21H24N4O2. The van der Waals surface area contributed by atoms with Crippen LogP contribution in [0.25, 0.3) is 17.5 Å². The largest absolute Gasteiger partial charge is 0.423 e. The molecular weight excluding hydrogens is 340 g/mol. The van der Waals surface area contributed by atoms with Crippen molar-refractivity contribution < 1.29 is 9.52 Å². The monoisotopic (exact) mass is 364 g/mol. The number of aromatic nitrogens is 3. The standard InChI is InChI=1S/C21H24N4O2/c26-10-21-6-12-4-13(7-21)18(14(5-12)8-21)24-19-15-2-1-3-17(15)22-9-16(19)20-25-23-11-27-20/h1-2,9,11-14,18,26H,3-8,10H2,(H,22,24)/t12?,13-,14+,18?,21?. The SMILES string of the molecule is OCC12CC3C[C@H](C1)C(Nc1c(-c4nnco4)cnc4c1C=CC4)[C@@H](C3)C2. The van der Waals surface area contributed by atoms with Gasteiger partial charge in [0.1, 0.15) is 0 Å². The Morgan fingerprint density at radius 1 is 1.22 bits per heavy atom. The molecule has 5 atom stereocenters. The molecule has 0 aromatic carbocycles. The molecule has 2 N–H and O–H groups in total. The molecule has 6 nitrogen and oxygen atoms in total. The van der Waals surface area contributed by atoms with Crippen LogP contribution < -0.4 is 5.32 Å². The summed E-state index contributed by atoms with van der Waals surface area (Å²) in [5.74, 6) is 2.58. The van der Waals surface area contributed by atoms with Gasteiger partial charge in [0.25, 0.3) is 5.89 Å². The number of allylic oxidation sites excluding steroid dienone is 1. The average Bonchev–Trinajstić information content (AvgIpc) is 3.35. The molecule has 0 amide bonds. The van der Waals surface area contributed by atoms with E-state index >= 15 is 0 Å². The number of pyridine rings is 1. The maximum atomic E-state index is 10.0. The molecule has 0 aliphatic heterocycles. The molecule has 5 aliphatic rings. The van der Waals surface area contributed by atoms with Crippen LogP contribution in [0.4, 0.5) is 5.69 Å². The van der Waals surface area contributed by atoms with E-state index < -0.39 is 0 Å². The summed E-state index contributed by atoms with van der Waals surface area (Å²) < 4.78 is 5.50. The summed E-state index contributed by atoms with van der Waals surface area (Å²) >= 11 is 0. The second kappa shape index (κ2) is 5.64. The Morgan fingerprint density at radius 3 is 2.81 bits per heavy atom. The zero-order chi connectivity index (χ0) is 18.0. The van der Waals surface area contributed by atoms with Crippen LogP contribution in [0, 0.1) is 23.2 Å². The first kappa shape index (κ1) is 15.8. The van der Waals surface area contributed by atoms with Crippen LogP contribution in [0.1, 0.15) is 43.4 Å². The average molecular weight is 364 g/mol. The summed E-state index contributed by atoms with van der Waals surface area (Å²) in [5.41, 5.74) is 4.44. The highest BCUT2D eigenvalue weighted by molar-refractivity contribution is 5.83. The maximum absolute atomic E-state index is 10.0. The molecule has 5 aliphatic carbocycles. The van der Waals surface area contributed by atoms with Gasteiger partial charge >= 0.3 is 0 Å². The molecule has 140 valence electrons. The molecule has 2 aromatic heterocycles. The van der Waals surface area contributed by atoms with E-state index in [-0.39, 0.29) is 5.41 Å². The fourth-order valence-electron chi connectivity index (χ4n) is 6.59. The Labute approximate surface area is 158 Å². The van der Waals surface area contributed by atoms with Crippen molar-refractivity contribution in [3.05, 3.63) is 29.9 Å². The van der Waals surface area contributed by atoms with Gasteiger partial charge in [0.05, 0.1) is 16.9 Å². The van der Waals surface area contributed by atoms with E-state index in [0.717, 1.165) is 47.7 Å². The Hall–Kier alpha value is -2.21. The van der Waals surface area contributed by atoms with Crippen LogP contribution in [0.3, 0.4) is 0 Å².